The summed E-state index contributed by atoms with van der Waals surface area (Å²) in [5, 5.41) is 0.611. The first-order valence-electron chi connectivity index (χ1n) is 8.62. The van der Waals surface area contributed by atoms with E-state index in [4.69, 9.17) is 32.7 Å². The molecule has 0 spiro atoms. The predicted molar refractivity (Wildman–Crippen MR) is 114 cm³/mol. The highest BCUT2D eigenvalue weighted by Crippen LogP contribution is 2.41. The van der Waals surface area contributed by atoms with E-state index in [1.807, 2.05) is 0 Å². The fourth-order valence-electron chi connectivity index (χ4n) is 3.17. The van der Waals surface area contributed by atoms with Gasteiger partial charge in [-0.3, -0.25) is 0 Å². The third-order valence-electron chi connectivity index (χ3n) is 4.84. The maximum absolute atomic E-state index is 13.2. The SMILES string of the molecule is COc1ccc(Oc2c(Cl)cc(Br)cc2Cl)cc1S(=O)(=O)N(C)[C@H]1C[C@H](C)C1. The molecule has 1 saturated carbocycles. The first-order chi connectivity index (χ1) is 13.1. The van der Waals surface area contributed by atoms with Crippen LogP contribution in [0.15, 0.2) is 39.7 Å². The smallest absolute Gasteiger partial charge is 0.246 e. The normalized spacial score (nSPS) is 19.4. The van der Waals surface area contributed by atoms with Gasteiger partial charge in [0.15, 0.2) is 5.75 Å². The highest BCUT2D eigenvalue weighted by Gasteiger charge is 2.37. The van der Waals surface area contributed by atoms with Crippen molar-refractivity contribution in [2.45, 2.75) is 30.7 Å². The highest BCUT2D eigenvalue weighted by atomic mass is 79.9. The maximum Gasteiger partial charge on any atom is 0.246 e. The standard InChI is InChI=1S/C19H20BrCl2NO4S/c1-11-6-13(7-11)23(2)28(24,25)18-10-14(4-5-17(18)26-3)27-19-15(21)8-12(20)9-16(19)22/h4-5,8-11,13H,6-7H2,1-3H3/t11-,13-. The van der Waals surface area contributed by atoms with E-state index >= 15 is 0 Å². The molecule has 0 radical (unpaired) electrons. The summed E-state index contributed by atoms with van der Waals surface area (Å²) in [6.07, 6.45) is 1.69. The van der Waals surface area contributed by atoms with Gasteiger partial charge in [0.05, 0.1) is 17.2 Å². The Hall–Kier alpha value is -0.990. The van der Waals surface area contributed by atoms with Gasteiger partial charge in [0, 0.05) is 23.6 Å². The summed E-state index contributed by atoms with van der Waals surface area (Å²) in [5.74, 6) is 1.32. The van der Waals surface area contributed by atoms with E-state index in [0.29, 0.717) is 26.2 Å². The lowest BCUT2D eigenvalue weighted by atomic mass is 9.82. The van der Waals surface area contributed by atoms with E-state index in [1.165, 1.54) is 17.5 Å². The van der Waals surface area contributed by atoms with Crippen LogP contribution in [-0.2, 0) is 10.0 Å². The summed E-state index contributed by atoms with van der Waals surface area (Å²) in [6.45, 7) is 2.11. The Labute approximate surface area is 183 Å². The van der Waals surface area contributed by atoms with Crippen LogP contribution in [0.2, 0.25) is 10.0 Å². The van der Waals surface area contributed by atoms with Crippen molar-refractivity contribution >= 4 is 49.2 Å². The van der Waals surface area contributed by atoms with Crippen molar-refractivity contribution in [3.8, 4) is 17.2 Å². The predicted octanol–water partition coefficient (Wildman–Crippen LogP) is 5.98. The van der Waals surface area contributed by atoms with Crippen LogP contribution in [0.3, 0.4) is 0 Å². The zero-order chi connectivity index (χ0) is 20.6. The number of hydrogen-bond donors (Lipinski definition) is 0. The number of hydrogen-bond acceptors (Lipinski definition) is 4. The Morgan fingerprint density at radius 1 is 1.14 bits per heavy atom. The van der Waals surface area contributed by atoms with Crippen LogP contribution >= 0.6 is 39.1 Å². The average Bonchev–Trinajstić information content (AvgIpc) is 2.61. The summed E-state index contributed by atoms with van der Waals surface area (Å²) in [6, 6.07) is 7.88. The topological polar surface area (TPSA) is 55.8 Å². The second-order valence-corrected chi connectivity index (χ2v) is 10.6. The molecule has 152 valence electrons. The molecule has 0 atom stereocenters. The lowest BCUT2D eigenvalue weighted by Crippen LogP contribution is -2.44. The van der Waals surface area contributed by atoms with Crippen molar-refractivity contribution in [3.63, 3.8) is 0 Å². The molecule has 0 heterocycles. The molecule has 0 unspecified atom stereocenters. The fourth-order valence-corrected chi connectivity index (χ4v) is 6.01. The Balaban J connectivity index is 1.97. The monoisotopic (exact) mass is 507 g/mol. The molecule has 2 aromatic carbocycles. The molecule has 1 aliphatic rings. The molecule has 0 aliphatic heterocycles. The summed E-state index contributed by atoms with van der Waals surface area (Å²) in [4.78, 5) is 0.0407. The van der Waals surface area contributed by atoms with E-state index in [1.54, 1.807) is 31.3 Å². The summed E-state index contributed by atoms with van der Waals surface area (Å²) in [7, 11) is -0.720. The van der Waals surface area contributed by atoms with E-state index in [-0.39, 0.29) is 22.4 Å². The molecular weight excluding hydrogens is 489 g/mol. The van der Waals surface area contributed by atoms with Crippen LogP contribution < -0.4 is 9.47 Å². The summed E-state index contributed by atoms with van der Waals surface area (Å²) >= 11 is 15.7. The number of halogens is 3. The number of benzene rings is 2. The lowest BCUT2D eigenvalue weighted by molar-refractivity contribution is 0.178. The minimum atomic E-state index is -3.75. The summed E-state index contributed by atoms with van der Waals surface area (Å²) < 4.78 is 39.5. The molecule has 0 saturated heterocycles. The lowest BCUT2D eigenvalue weighted by Gasteiger charge is -2.38. The Morgan fingerprint density at radius 3 is 2.29 bits per heavy atom. The van der Waals surface area contributed by atoms with E-state index in [9.17, 15) is 8.42 Å². The Morgan fingerprint density at radius 2 is 1.75 bits per heavy atom. The van der Waals surface area contributed by atoms with Crippen molar-refractivity contribution in [2.24, 2.45) is 5.92 Å². The van der Waals surface area contributed by atoms with Crippen LogP contribution in [0.4, 0.5) is 0 Å². The maximum atomic E-state index is 13.2. The molecule has 0 amide bonds. The second kappa shape index (κ2) is 8.40. The number of nitrogens with zero attached hydrogens (tertiary/aromatic N) is 1. The Bertz CT molecular complexity index is 970. The summed E-state index contributed by atoms with van der Waals surface area (Å²) in [5.41, 5.74) is 0. The average molecular weight is 509 g/mol. The number of rotatable bonds is 6. The van der Waals surface area contributed by atoms with Gasteiger partial charge in [-0.1, -0.05) is 46.1 Å². The first-order valence-corrected chi connectivity index (χ1v) is 11.6. The van der Waals surface area contributed by atoms with Crippen LogP contribution in [0.5, 0.6) is 17.2 Å². The number of sulfonamides is 1. The van der Waals surface area contributed by atoms with Gasteiger partial charge in [-0.2, -0.15) is 4.31 Å². The van der Waals surface area contributed by atoms with Gasteiger partial charge in [-0.05, 0) is 43.0 Å². The minimum absolute atomic E-state index is 0.00959. The quantitative estimate of drug-likeness (QED) is 0.481. The number of methoxy groups -OCH3 is 1. The van der Waals surface area contributed by atoms with Crippen LogP contribution in [0.1, 0.15) is 19.8 Å². The second-order valence-electron chi connectivity index (χ2n) is 6.86. The van der Waals surface area contributed by atoms with Gasteiger partial charge in [0.1, 0.15) is 16.4 Å². The van der Waals surface area contributed by atoms with Gasteiger partial charge >= 0.3 is 0 Å². The first kappa shape index (κ1) is 21.7. The van der Waals surface area contributed by atoms with Gasteiger partial charge in [-0.25, -0.2) is 8.42 Å². The van der Waals surface area contributed by atoms with Crippen molar-refractivity contribution in [1.82, 2.24) is 4.31 Å². The molecule has 0 aromatic heterocycles. The van der Waals surface area contributed by atoms with Crippen LogP contribution in [-0.4, -0.2) is 32.9 Å². The van der Waals surface area contributed by atoms with Gasteiger partial charge in [0.25, 0.3) is 0 Å². The zero-order valence-electron chi connectivity index (χ0n) is 15.6. The zero-order valence-corrected chi connectivity index (χ0v) is 19.5. The highest BCUT2D eigenvalue weighted by molar-refractivity contribution is 9.10. The third-order valence-corrected chi connectivity index (χ3v) is 7.79. The van der Waals surface area contributed by atoms with Crippen molar-refractivity contribution in [1.29, 1.82) is 0 Å². The molecule has 2 aromatic rings. The van der Waals surface area contributed by atoms with Crippen LogP contribution in [0.25, 0.3) is 0 Å². The molecule has 5 nitrogen and oxygen atoms in total. The van der Waals surface area contributed by atoms with Gasteiger partial charge in [0.2, 0.25) is 10.0 Å². The van der Waals surface area contributed by atoms with Gasteiger partial charge in [-0.15, -0.1) is 0 Å². The van der Waals surface area contributed by atoms with Crippen LogP contribution in [0, 0.1) is 5.92 Å². The van der Waals surface area contributed by atoms with E-state index in [0.717, 1.165) is 12.8 Å². The fraction of sp³-hybridized carbons (Fsp3) is 0.368. The molecule has 9 heteroatoms. The van der Waals surface area contributed by atoms with Crippen molar-refractivity contribution in [2.75, 3.05) is 14.2 Å². The minimum Gasteiger partial charge on any atom is -0.495 e. The van der Waals surface area contributed by atoms with E-state index in [2.05, 4.69) is 22.9 Å². The molecular formula is C19H20BrCl2NO4S. The molecule has 28 heavy (non-hydrogen) atoms. The Kier molecular flexibility index (Phi) is 6.51. The van der Waals surface area contributed by atoms with Crippen molar-refractivity contribution in [3.05, 3.63) is 44.8 Å². The van der Waals surface area contributed by atoms with Crippen molar-refractivity contribution < 1.29 is 17.9 Å². The number of ether oxygens (including phenoxy) is 2. The molecule has 1 fully saturated rings. The molecule has 1 aliphatic carbocycles. The van der Waals surface area contributed by atoms with E-state index < -0.39 is 10.0 Å². The largest absolute Gasteiger partial charge is 0.495 e. The molecule has 3 rings (SSSR count). The molecule has 0 N–H and O–H groups in total. The van der Waals surface area contributed by atoms with Gasteiger partial charge < -0.3 is 9.47 Å². The molecule has 0 bridgehead atoms. The third kappa shape index (κ3) is 4.28.